The SMILES string of the molecule is NC(C(=O)NCCc1c[nH]c2ccccc12)c1cccs1. The molecule has 2 aromatic heterocycles. The number of thiophene rings is 1. The van der Waals surface area contributed by atoms with Gasteiger partial charge in [0, 0.05) is 28.5 Å². The van der Waals surface area contributed by atoms with Gasteiger partial charge in [-0.1, -0.05) is 24.3 Å². The van der Waals surface area contributed by atoms with Gasteiger partial charge >= 0.3 is 0 Å². The first-order valence-corrected chi connectivity index (χ1v) is 7.75. The lowest BCUT2D eigenvalue weighted by Crippen LogP contribution is -2.34. The second-order valence-corrected chi connectivity index (χ2v) is 5.87. The molecule has 0 aliphatic heterocycles. The van der Waals surface area contributed by atoms with Crippen molar-refractivity contribution in [2.45, 2.75) is 12.5 Å². The zero-order valence-electron chi connectivity index (χ0n) is 11.5. The van der Waals surface area contributed by atoms with Crippen molar-refractivity contribution in [1.82, 2.24) is 10.3 Å². The van der Waals surface area contributed by atoms with Crippen LogP contribution in [-0.2, 0) is 11.2 Å². The molecule has 5 heteroatoms. The Morgan fingerprint density at radius 3 is 2.95 bits per heavy atom. The Morgan fingerprint density at radius 2 is 2.14 bits per heavy atom. The van der Waals surface area contributed by atoms with Gasteiger partial charge in [0.05, 0.1) is 0 Å². The highest BCUT2D eigenvalue weighted by atomic mass is 32.1. The first-order valence-electron chi connectivity index (χ1n) is 6.87. The van der Waals surface area contributed by atoms with Crippen LogP contribution in [0.4, 0.5) is 0 Å². The molecule has 2 heterocycles. The van der Waals surface area contributed by atoms with Gasteiger partial charge in [-0.25, -0.2) is 0 Å². The monoisotopic (exact) mass is 299 g/mol. The number of carbonyl (C=O) groups excluding carboxylic acids is 1. The number of rotatable bonds is 5. The highest BCUT2D eigenvalue weighted by Crippen LogP contribution is 2.18. The molecule has 108 valence electrons. The number of amides is 1. The van der Waals surface area contributed by atoms with Crippen molar-refractivity contribution in [3.8, 4) is 0 Å². The van der Waals surface area contributed by atoms with Crippen molar-refractivity contribution in [3.63, 3.8) is 0 Å². The van der Waals surface area contributed by atoms with Gasteiger partial charge in [0.1, 0.15) is 6.04 Å². The van der Waals surface area contributed by atoms with Crippen molar-refractivity contribution in [3.05, 3.63) is 58.4 Å². The summed E-state index contributed by atoms with van der Waals surface area (Å²) >= 11 is 1.50. The van der Waals surface area contributed by atoms with Gasteiger partial charge in [-0.15, -0.1) is 11.3 Å². The molecule has 0 spiro atoms. The maximum absolute atomic E-state index is 12.0. The number of benzene rings is 1. The first-order chi connectivity index (χ1) is 10.3. The summed E-state index contributed by atoms with van der Waals surface area (Å²) in [5.41, 5.74) is 8.25. The van der Waals surface area contributed by atoms with E-state index in [1.165, 1.54) is 22.3 Å². The van der Waals surface area contributed by atoms with Crippen LogP contribution < -0.4 is 11.1 Å². The number of aromatic amines is 1. The van der Waals surface area contributed by atoms with E-state index in [4.69, 9.17) is 5.73 Å². The van der Waals surface area contributed by atoms with Crippen molar-refractivity contribution in [2.75, 3.05) is 6.54 Å². The summed E-state index contributed by atoms with van der Waals surface area (Å²) in [5.74, 6) is -0.128. The number of nitrogens with two attached hydrogens (primary N) is 1. The second kappa shape index (κ2) is 6.11. The van der Waals surface area contributed by atoms with E-state index >= 15 is 0 Å². The van der Waals surface area contributed by atoms with Crippen molar-refractivity contribution >= 4 is 28.1 Å². The Morgan fingerprint density at radius 1 is 1.29 bits per heavy atom. The number of fused-ring (bicyclic) bond motifs is 1. The number of H-pyrrole nitrogens is 1. The van der Waals surface area contributed by atoms with Gasteiger partial charge in [-0.3, -0.25) is 4.79 Å². The van der Waals surface area contributed by atoms with Crippen LogP contribution in [0.3, 0.4) is 0 Å². The molecule has 0 saturated carbocycles. The molecule has 0 saturated heterocycles. The summed E-state index contributed by atoms with van der Waals surface area (Å²) in [5, 5.41) is 6.03. The summed E-state index contributed by atoms with van der Waals surface area (Å²) in [6, 6.07) is 11.4. The number of carbonyl (C=O) groups is 1. The molecule has 1 aromatic carbocycles. The smallest absolute Gasteiger partial charge is 0.242 e. The summed E-state index contributed by atoms with van der Waals surface area (Å²) in [6.45, 7) is 0.583. The van der Waals surface area contributed by atoms with Gasteiger partial charge < -0.3 is 16.0 Å². The minimum absolute atomic E-state index is 0.128. The normalized spacial score (nSPS) is 12.4. The van der Waals surface area contributed by atoms with Crippen molar-refractivity contribution in [1.29, 1.82) is 0 Å². The largest absolute Gasteiger partial charge is 0.361 e. The van der Waals surface area contributed by atoms with Crippen LogP contribution in [0, 0.1) is 0 Å². The van der Waals surface area contributed by atoms with E-state index in [0.29, 0.717) is 6.54 Å². The molecular formula is C16H17N3OS. The minimum atomic E-state index is -0.576. The average molecular weight is 299 g/mol. The third-order valence-electron chi connectivity index (χ3n) is 3.50. The molecule has 0 bridgehead atoms. The van der Waals surface area contributed by atoms with Crippen molar-refractivity contribution < 1.29 is 4.79 Å². The molecule has 1 unspecified atom stereocenters. The van der Waals surface area contributed by atoms with Crippen LogP contribution in [0.25, 0.3) is 10.9 Å². The number of hydrogen-bond acceptors (Lipinski definition) is 3. The predicted molar refractivity (Wildman–Crippen MR) is 86.3 cm³/mol. The Kier molecular flexibility index (Phi) is 4.03. The second-order valence-electron chi connectivity index (χ2n) is 4.89. The standard InChI is InChI=1S/C16H17N3OS/c17-15(14-6-3-9-21-14)16(20)18-8-7-11-10-19-13-5-2-1-4-12(11)13/h1-6,9-10,15,19H,7-8,17H2,(H,18,20). The Balaban J connectivity index is 1.57. The van der Waals surface area contributed by atoms with Crippen LogP contribution >= 0.6 is 11.3 Å². The lowest BCUT2D eigenvalue weighted by Gasteiger charge is -2.10. The number of hydrogen-bond donors (Lipinski definition) is 3. The third kappa shape index (κ3) is 2.99. The molecule has 3 aromatic rings. The first kappa shape index (κ1) is 13.9. The average Bonchev–Trinajstić information content (AvgIpc) is 3.16. The Bertz CT molecular complexity index is 733. The Hall–Kier alpha value is -2.11. The maximum atomic E-state index is 12.0. The summed E-state index contributed by atoms with van der Waals surface area (Å²) < 4.78 is 0. The summed E-state index contributed by atoms with van der Waals surface area (Å²) in [4.78, 5) is 16.1. The highest BCUT2D eigenvalue weighted by molar-refractivity contribution is 7.10. The van der Waals surface area contributed by atoms with E-state index in [0.717, 1.165) is 16.8 Å². The van der Waals surface area contributed by atoms with E-state index < -0.39 is 6.04 Å². The van der Waals surface area contributed by atoms with Crippen molar-refractivity contribution in [2.24, 2.45) is 5.73 Å². The topological polar surface area (TPSA) is 70.9 Å². The van der Waals surface area contributed by atoms with Gasteiger partial charge in [0.15, 0.2) is 0 Å². The van der Waals surface area contributed by atoms with E-state index in [2.05, 4.69) is 16.4 Å². The Labute approximate surface area is 127 Å². The molecule has 21 heavy (non-hydrogen) atoms. The van der Waals surface area contributed by atoms with Gasteiger partial charge in [0.2, 0.25) is 5.91 Å². The van der Waals surface area contributed by atoms with E-state index in [1.807, 2.05) is 41.9 Å². The molecule has 1 atom stereocenters. The fourth-order valence-corrected chi connectivity index (χ4v) is 3.09. The van der Waals surface area contributed by atoms with Crippen LogP contribution in [0.1, 0.15) is 16.5 Å². The maximum Gasteiger partial charge on any atom is 0.242 e. The molecule has 1 amide bonds. The molecule has 4 nitrogen and oxygen atoms in total. The van der Waals surface area contributed by atoms with Crippen LogP contribution in [0.5, 0.6) is 0 Å². The fourth-order valence-electron chi connectivity index (χ4n) is 2.37. The van der Waals surface area contributed by atoms with E-state index in [-0.39, 0.29) is 5.91 Å². The lowest BCUT2D eigenvalue weighted by molar-refractivity contribution is -0.122. The molecule has 0 radical (unpaired) electrons. The van der Waals surface area contributed by atoms with Gasteiger partial charge in [-0.2, -0.15) is 0 Å². The van der Waals surface area contributed by atoms with E-state index in [9.17, 15) is 4.79 Å². The zero-order valence-corrected chi connectivity index (χ0v) is 12.3. The predicted octanol–water partition coefficient (Wildman–Crippen LogP) is 2.59. The van der Waals surface area contributed by atoms with Crippen LogP contribution in [0.15, 0.2) is 48.0 Å². The number of nitrogens with one attached hydrogen (secondary N) is 2. The molecule has 0 aliphatic carbocycles. The highest BCUT2D eigenvalue weighted by Gasteiger charge is 2.16. The lowest BCUT2D eigenvalue weighted by atomic mass is 10.1. The fraction of sp³-hybridized carbons (Fsp3) is 0.188. The van der Waals surface area contributed by atoms with Gasteiger partial charge in [0.25, 0.3) is 0 Å². The molecule has 4 N–H and O–H groups in total. The minimum Gasteiger partial charge on any atom is -0.361 e. The number of para-hydroxylation sites is 1. The summed E-state index contributed by atoms with van der Waals surface area (Å²) in [7, 11) is 0. The molecule has 0 fully saturated rings. The van der Waals surface area contributed by atoms with Crippen LogP contribution in [-0.4, -0.2) is 17.4 Å². The molecule has 3 rings (SSSR count). The van der Waals surface area contributed by atoms with E-state index in [1.54, 1.807) is 0 Å². The summed E-state index contributed by atoms with van der Waals surface area (Å²) in [6.07, 6.45) is 2.78. The number of aromatic nitrogens is 1. The van der Waals surface area contributed by atoms with Crippen LogP contribution in [0.2, 0.25) is 0 Å². The van der Waals surface area contributed by atoms with Gasteiger partial charge in [-0.05, 0) is 29.5 Å². The molecular weight excluding hydrogens is 282 g/mol. The quantitative estimate of drug-likeness (QED) is 0.677. The molecule has 0 aliphatic rings. The third-order valence-corrected chi connectivity index (χ3v) is 4.46. The zero-order chi connectivity index (χ0) is 14.7.